The highest BCUT2D eigenvalue weighted by Crippen LogP contribution is 2.42. The fourth-order valence-electron chi connectivity index (χ4n) is 1.93. The Labute approximate surface area is 97.2 Å². The molecule has 1 heterocycles. The number of anilines is 1. The fraction of sp³-hybridized carbons (Fsp3) is 0.364. The summed E-state index contributed by atoms with van der Waals surface area (Å²) < 4.78 is 6.30. The van der Waals surface area contributed by atoms with Gasteiger partial charge < -0.3 is 9.64 Å². The van der Waals surface area contributed by atoms with E-state index in [0.29, 0.717) is 0 Å². The lowest BCUT2D eigenvalue weighted by Crippen LogP contribution is -2.37. The average molecular weight is 270 g/mol. The van der Waals surface area contributed by atoms with Crippen molar-refractivity contribution in [1.29, 1.82) is 0 Å². The minimum atomic E-state index is -0.842. The molecular weight excluding hydrogens is 258 g/mol. The third kappa shape index (κ3) is 1.32. The minimum Gasteiger partial charge on any atom is -0.364 e. The number of hydrogen-bond donors (Lipinski definition) is 0. The van der Waals surface area contributed by atoms with Crippen LogP contribution >= 0.6 is 15.9 Å². The third-order valence-corrected chi connectivity index (χ3v) is 3.45. The second-order valence-corrected chi connectivity index (χ2v) is 4.68. The number of methoxy groups -OCH3 is 1. The Hall–Kier alpha value is -0.870. The summed E-state index contributed by atoms with van der Waals surface area (Å²) in [6.45, 7) is 1.80. The molecule has 0 fully saturated rings. The van der Waals surface area contributed by atoms with Crippen LogP contribution in [-0.4, -0.2) is 20.1 Å². The molecule has 3 nitrogen and oxygen atoms in total. The van der Waals surface area contributed by atoms with Crippen molar-refractivity contribution >= 4 is 27.5 Å². The zero-order valence-electron chi connectivity index (χ0n) is 8.87. The van der Waals surface area contributed by atoms with Crippen molar-refractivity contribution in [2.24, 2.45) is 0 Å². The first kappa shape index (κ1) is 10.6. The van der Waals surface area contributed by atoms with Crippen molar-refractivity contribution in [3.8, 4) is 0 Å². The molecule has 4 heteroatoms. The zero-order valence-corrected chi connectivity index (χ0v) is 10.5. The number of carbonyl (C=O) groups is 1. The van der Waals surface area contributed by atoms with E-state index < -0.39 is 5.60 Å². The Balaban J connectivity index is 2.66. The molecule has 0 aliphatic carbocycles. The van der Waals surface area contributed by atoms with Crippen LogP contribution < -0.4 is 4.90 Å². The van der Waals surface area contributed by atoms with Gasteiger partial charge in [-0.25, -0.2) is 0 Å². The number of halogens is 1. The van der Waals surface area contributed by atoms with Gasteiger partial charge in [0.05, 0.1) is 5.69 Å². The van der Waals surface area contributed by atoms with Gasteiger partial charge in [-0.05, 0) is 19.1 Å². The van der Waals surface area contributed by atoms with E-state index in [4.69, 9.17) is 4.74 Å². The SMILES string of the molecule is CO[C@@]1(C)C(=O)N(C)c2cc(Br)ccc21. The lowest BCUT2D eigenvalue weighted by atomic mass is 9.98. The highest BCUT2D eigenvalue weighted by atomic mass is 79.9. The first-order valence-electron chi connectivity index (χ1n) is 4.64. The number of rotatable bonds is 1. The summed E-state index contributed by atoms with van der Waals surface area (Å²) in [6.07, 6.45) is 0. The summed E-state index contributed by atoms with van der Waals surface area (Å²) in [6, 6.07) is 5.77. The highest BCUT2D eigenvalue weighted by molar-refractivity contribution is 9.10. The summed E-state index contributed by atoms with van der Waals surface area (Å²) in [7, 11) is 3.32. The summed E-state index contributed by atoms with van der Waals surface area (Å²) in [5.74, 6) is -0.0295. The zero-order chi connectivity index (χ0) is 11.2. The predicted octanol–water partition coefficient (Wildman–Crippen LogP) is 2.29. The van der Waals surface area contributed by atoms with Crippen LogP contribution in [-0.2, 0) is 15.1 Å². The number of amides is 1. The molecule has 1 aliphatic rings. The Morgan fingerprint density at radius 2 is 2.13 bits per heavy atom. The summed E-state index contributed by atoms with van der Waals surface area (Å²) in [5, 5.41) is 0. The fourth-order valence-corrected chi connectivity index (χ4v) is 2.28. The monoisotopic (exact) mass is 269 g/mol. The van der Waals surface area contributed by atoms with Crippen LogP contribution in [0.2, 0.25) is 0 Å². The summed E-state index contributed by atoms with van der Waals surface area (Å²) in [5.41, 5.74) is 0.976. The van der Waals surface area contributed by atoms with E-state index in [2.05, 4.69) is 15.9 Å². The normalized spacial score (nSPS) is 24.5. The van der Waals surface area contributed by atoms with Gasteiger partial charge in [0.2, 0.25) is 0 Å². The van der Waals surface area contributed by atoms with Crippen LogP contribution in [0.1, 0.15) is 12.5 Å². The number of fused-ring (bicyclic) bond motifs is 1. The van der Waals surface area contributed by atoms with E-state index in [-0.39, 0.29) is 5.91 Å². The molecule has 1 aliphatic heterocycles. The van der Waals surface area contributed by atoms with Gasteiger partial charge in [0.25, 0.3) is 5.91 Å². The van der Waals surface area contributed by atoms with Gasteiger partial charge in [-0.15, -0.1) is 0 Å². The molecule has 1 atom stereocenters. The molecule has 80 valence electrons. The molecule has 0 saturated carbocycles. The molecule has 0 bridgehead atoms. The number of ether oxygens (including phenoxy) is 1. The van der Waals surface area contributed by atoms with Gasteiger partial charge in [-0.2, -0.15) is 0 Å². The molecule has 0 spiro atoms. The molecule has 0 saturated heterocycles. The lowest BCUT2D eigenvalue weighted by molar-refractivity contribution is -0.137. The highest BCUT2D eigenvalue weighted by Gasteiger charge is 2.46. The second-order valence-electron chi connectivity index (χ2n) is 3.76. The van der Waals surface area contributed by atoms with Crippen LogP contribution in [0.5, 0.6) is 0 Å². The first-order chi connectivity index (χ1) is 7.00. The molecule has 0 N–H and O–H groups in total. The van der Waals surface area contributed by atoms with Gasteiger partial charge in [-0.1, -0.05) is 22.0 Å². The van der Waals surface area contributed by atoms with Gasteiger partial charge in [0, 0.05) is 24.2 Å². The average Bonchev–Trinajstić information content (AvgIpc) is 2.42. The van der Waals surface area contributed by atoms with Gasteiger partial charge >= 0.3 is 0 Å². The van der Waals surface area contributed by atoms with Crippen LogP contribution in [0.4, 0.5) is 5.69 Å². The maximum absolute atomic E-state index is 12.0. The van der Waals surface area contributed by atoms with Crippen molar-refractivity contribution < 1.29 is 9.53 Å². The van der Waals surface area contributed by atoms with Gasteiger partial charge in [-0.3, -0.25) is 4.79 Å². The standard InChI is InChI=1S/C11H12BrNO2/c1-11(15-3)8-5-4-7(12)6-9(8)13(2)10(11)14/h4-6H,1-3H3/t11-/m1/s1. The van der Waals surface area contributed by atoms with Crippen molar-refractivity contribution in [3.63, 3.8) is 0 Å². The number of carbonyl (C=O) groups excluding carboxylic acids is 1. The number of hydrogen-bond acceptors (Lipinski definition) is 2. The smallest absolute Gasteiger partial charge is 0.263 e. The van der Waals surface area contributed by atoms with E-state index in [1.54, 1.807) is 26.0 Å². The second kappa shape index (κ2) is 3.32. The maximum Gasteiger partial charge on any atom is 0.263 e. The van der Waals surface area contributed by atoms with E-state index in [1.807, 2.05) is 18.2 Å². The Morgan fingerprint density at radius 1 is 1.47 bits per heavy atom. The molecule has 15 heavy (non-hydrogen) atoms. The van der Waals surface area contributed by atoms with E-state index in [9.17, 15) is 4.79 Å². The van der Waals surface area contributed by atoms with E-state index in [0.717, 1.165) is 15.7 Å². The minimum absolute atomic E-state index is 0.0295. The van der Waals surface area contributed by atoms with Crippen molar-refractivity contribution in [3.05, 3.63) is 28.2 Å². The van der Waals surface area contributed by atoms with Crippen LogP contribution in [0.15, 0.2) is 22.7 Å². The van der Waals surface area contributed by atoms with Gasteiger partial charge in [0.1, 0.15) is 0 Å². The Bertz CT molecular complexity index is 433. The van der Waals surface area contributed by atoms with Crippen LogP contribution in [0.3, 0.4) is 0 Å². The van der Waals surface area contributed by atoms with E-state index >= 15 is 0 Å². The summed E-state index contributed by atoms with van der Waals surface area (Å²) >= 11 is 3.39. The molecule has 2 rings (SSSR count). The summed E-state index contributed by atoms with van der Waals surface area (Å²) in [4.78, 5) is 13.6. The molecule has 0 unspecified atom stereocenters. The predicted molar refractivity (Wildman–Crippen MR) is 61.9 cm³/mol. The quantitative estimate of drug-likeness (QED) is 0.783. The number of benzene rings is 1. The van der Waals surface area contributed by atoms with Crippen molar-refractivity contribution in [2.45, 2.75) is 12.5 Å². The van der Waals surface area contributed by atoms with Crippen molar-refractivity contribution in [1.82, 2.24) is 0 Å². The first-order valence-corrected chi connectivity index (χ1v) is 5.43. The molecule has 0 radical (unpaired) electrons. The molecule has 1 amide bonds. The van der Waals surface area contributed by atoms with E-state index in [1.165, 1.54) is 0 Å². The maximum atomic E-state index is 12.0. The van der Waals surface area contributed by atoms with Crippen molar-refractivity contribution in [2.75, 3.05) is 19.1 Å². The largest absolute Gasteiger partial charge is 0.364 e. The lowest BCUT2D eigenvalue weighted by Gasteiger charge is -2.20. The third-order valence-electron chi connectivity index (χ3n) is 2.96. The topological polar surface area (TPSA) is 29.5 Å². The van der Waals surface area contributed by atoms with Crippen LogP contribution in [0.25, 0.3) is 0 Å². The molecule has 1 aromatic rings. The number of likely N-dealkylation sites (N-methyl/N-ethyl adjacent to an activating group) is 1. The van der Waals surface area contributed by atoms with Gasteiger partial charge in [0.15, 0.2) is 5.60 Å². The Morgan fingerprint density at radius 3 is 2.73 bits per heavy atom. The molecular formula is C11H12BrNO2. The number of nitrogens with zero attached hydrogens (tertiary/aromatic N) is 1. The Kier molecular flexibility index (Phi) is 2.35. The molecule has 0 aromatic heterocycles. The van der Waals surface area contributed by atoms with Crippen LogP contribution in [0, 0.1) is 0 Å². The molecule has 1 aromatic carbocycles.